The van der Waals surface area contributed by atoms with Gasteiger partial charge < -0.3 is 10.1 Å². The van der Waals surface area contributed by atoms with E-state index in [0.29, 0.717) is 6.54 Å². The third kappa shape index (κ3) is 4.82. The normalized spacial score (nSPS) is 11.0. The average molecular weight is 220 g/mol. The smallest absolute Gasteiger partial charge is 0.407 e. The molecule has 0 fully saturated rings. The SMILES string of the molecule is [CH2]c1cccc(CNC(=O)OC(C)(C)C)c1. The van der Waals surface area contributed by atoms with E-state index < -0.39 is 11.7 Å². The molecular formula is C13H18NO2. The Hall–Kier alpha value is -1.51. The van der Waals surface area contributed by atoms with Gasteiger partial charge in [-0.25, -0.2) is 4.79 Å². The van der Waals surface area contributed by atoms with Crippen LogP contribution in [0.5, 0.6) is 0 Å². The van der Waals surface area contributed by atoms with E-state index in [2.05, 4.69) is 12.2 Å². The second kappa shape index (κ2) is 5.01. The Morgan fingerprint density at radius 3 is 2.69 bits per heavy atom. The van der Waals surface area contributed by atoms with Gasteiger partial charge in [0.25, 0.3) is 0 Å². The highest BCUT2D eigenvalue weighted by Crippen LogP contribution is 2.07. The van der Waals surface area contributed by atoms with E-state index in [9.17, 15) is 4.79 Å². The molecule has 1 radical (unpaired) electrons. The molecule has 0 unspecified atom stereocenters. The molecule has 0 saturated heterocycles. The molecule has 0 saturated carbocycles. The van der Waals surface area contributed by atoms with Crippen molar-refractivity contribution < 1.29 is 9.53 Å². The number of benzene rings is 1. The second-order valence-corrected chi connectivity index (χ2v) is 4.68. The molecule has 1 N–H and O–H groups in total. The summed E-state index contributed by atoms with van der Waals surface area (Å²) in [6, 6.07) is 7.69. The molecule has 0 bridgehead atoms. The minimum absolute atomic E-state index is 0.401. The molecule has 0 aliphatic rings. The average Bonchev–Trinajstić information content (AvgIpc) is 2.12. The van der Waals surface area contributed by atoms with Gasteiger partial charge in [0.15, 0.2) is 0 Å². The van der Waals surface area contributed by atoms with Crippen LogP contribution in [0.4, 0.5) is 4.79 Å². The van der Waals surface area contributed by atoms with Crippen LogP contribution in [0.1, 0.15) is 31.9 Å². The van der Waals surface area contributed by atoms with Gasteiger partial charge in [-0.15, -0.1) is 0 Å². The number of amides is 1. The van der Waals surface area contributed by atoms with Crippen LogP contribution >= 0.6 is 0 Å². The highest BCUT2D eigenvalue weighted by Gasteiger charge is 2.15. The summed E-state index contributed by atoms with van der Waals surface area (Å²) in [5, 5.41) is 2.69. The van der Waals surface area contributed by atoms with Crippen LogP contribution < -0.4 is 5.32 Å². The molecule has 0 spiro atoms. The minimum Gasteiger partial charge on any atom is -0.444 e. The molecule has 0 aromatic heterocycles. The summed E-state index contributed by atoms with van der Waals surface area (Å²) >= 11 is 0. The first-order valence-corrected chi connectivity index (χ1v) is 5.24. The lowest BCUT2D eigenvalue weighted by molar-refractivity contribution is 0.0523. The van der Waals surface area contributed by atoms with Crippen molar-refractivity contribution in [3.63, 3.8) is 0 Å². The summed E-state index contributed by atoms with van der Waals surface area (Å²) in [5.41, 5.74) is 1.49. The van der Waals surface area contributed by atoms with E-state index in [1.165, 1.54) is 0 Å². The van der Waals surface area contributed by atoms with Gasteiger partial charge in [0, 0.05) is 6.54 Å². The van der Waals surface area contributed by atoms with E-state index >= 15 is 0 Å². The monoisotopic (exact) mass is 220 g/mol. The second-order valence-electron chi connectivity index (χ2n) is 4.68. The first-order valence-electron chi connectivity index (χ1n) is 5.24. The fourth-order valence-corrected chi connectivity index (χ4v) is 1.23. The van der Waals surface area contributed by atoms with Crippen LogP contribution in [0.25, 0.3) is 0 Å². The maximum atomic E-state index is 11.4. The lowest BCUT2D eigenvalue weighted by atomic mass is 10.1. The third-order valence-electron chi connectivity index (χ3n) is 1.83. The number of nitrogens with one attached hydrogen (secondary N) is 1. The fourth-order valence-electron chi connectivity index (χ4n) is 1.23. The maximum absolute atomic E-state index is 11.4. The zero-order valence-electron chi connectivity index (χ0n) is 10.0. The maximum Gasteiger partial charge on any atom is 0.407 e. The molecule has 1 rings (SSSR count). The van der Waals surface area contributed by atoms with Gasteiger partial charge in [-0.2, -0.15) is 0 Å². The van der Waals surface area contributed by atoms with Crippen LogP contribution in [0.15, 0.2) is 24.3 Å². The van der Waals surface area contributed by atoms with Crippen molar-refractivity contribution in [1.29, 1.82) is 0 Å². The number of rotatable bonds is 2. The van der Waals surface area contributed by atoms with Crippen LogP contribution in [-0.4, -0.2) is 11.7 Å². The molecule has 1 aromatic carbocycles. The van der Waals surface area contributed by atoms with Crippen molar-refractivity contribution in [3.8, 4) is 0 Å². The summed E-state index contributed by atoms with van der Waals surface area (Å²) < 4.78 is 5.12. The molecular weight excluding hydrogens is 202 g/mol. The van der Waals surface area contributed by atoms with E-state index in [4.69, 9.17) is 4.74 Å². The molecule has 3 heteroatoms. The van der Waals surface area contributed by atoms with Crippen molar-refractivity contribution in [2.75, 3.05) is 0 Å². The highest BCUT2D eigenvalue weighted by atomic mass is 16.6. The Balaban J connectivity index is 2.43. The Kier molecular flexibility index (Phi) is 3.93. The van der Waals surface area contributed by atoms with Crippen LogP contribution in [0.3, 0.4) is 0 Å². The van der Waals surface area contributed by atoms with E-state index in [-0.39, 0.29) is 0 Å². The molecule has 3 nitrogen and oxygen atoms in total. The predicted molar refractivity (Wildman–Crippen MR) is 64.0 cm³/mol. The minimum atomic E-state index is -0.460. The topological polar surface area (TPSA) is 38.3 Å². The van der Waals surface area contributed by atoms with Gasteiger partial charge in [-0.3, -0.25) is 0 Å². The Morgan fingerprint density at radius 1 is 1.44 bits per heavy atom. The van der Waals surface area contributed by atoms with Gasteiger partial charge in [-0.1, -0.05) is 24.3 Å². The zero-order chi connectivity index (χ0) is 12.2. The fraction of sp³-hybridized carbons (Fsp3) is 0.385. The van der Waals surface area contributed by atoms with Crippen LogP contribution in [-0.2, 0) is 11.3 Å². The van der Waals surface area contributed by atoms with Crippen molar-refractivity contribution in [3.05, 3.63) is 42.3 Å². The number of carbonyl (C=O) groups excluding carboxylic acids is 1. The highest BCUT2D eigenvalue weighted by molar-refractivity contribution is 5.67. The quantitative estimate of drug-likeness (QED) is 0.832. The van der Waals surface area contributed by atoms with Gasteiger partial charge in [0.1, 0.15) is 5.60 Å². The van der Waals surface area contributed by atoms with Gasteiger partial charge in [0.05, 0.1) is 0 Å². The molecule has 0 atom stereocenters. The Morgan fingerprint density at radius 2 is 2.12 bits per heavy atom. The Labute approximate surface area is 96.8 Å². The summed E-state index contributed by atoms with van der Waals surface area (Å²) in [6.45, 7) is 9.79. The number of ether oxygens (including phenoxy) is 1. The molecule has 0 aliphatic heterocycles. The van der Waals surface area contributed by atoms with Crippen molar-refractivity contribution in [2.24, 2.45) is 0 Å². The van der Waals surface area contributed by atoms with Crippen LogP contribution in [0, 0.1) is 6.92 Å². The number of carbonyl (C=O) groups is 1. The number of hydrogen-bond acceptors (Lipinski definition) is 2. The van der Waals surface area contributed by atoms with Gasteiger partial charge in [0.2, 0.25) is 0 Å². The van der Waals surface area contributed by atoms with Gasteiger partial charge in [-0.05, 0) is 38.8 Å². The molecule has 16 heavy (non-hydrogen) atoms. The lowest BCUT2D eigenvalue weighted by Crippen LogP contribution is -2.32. The number of alkyl carbamates (subject to hydrolysis) is 1. The molecule has 0 heterocycles. The van der Waals surface area contributed by atoms with Crippen molar-refractivity contribution >= 4 is 6.09 Å². The van der Waals surface area contributed by atoms with Crippen LogP contribution in [0.2, 0.25) is 0 Å². The van der Waals surface area contributed by atoms with Gasteiger partial charge >= 0.3 is 6.09 Å². The zero-order valence-corrected chi connectivity index (χ0v) is 10.0. The first kappa shape index (κ1) is 12.6. The molecule has 1 aromatic rings. The first-order chi connectivity index (χ1) is 7.37. The Bertz CT molecular complexity index is 366. The summed E-state index contributed by atoms with van der Waals surface area (Å²) in [7, 11) is 0. The third-order valence-corrected chi connectivity index (χ3v) is 1.83. The molecule has 0 aliphatic carbocycles. The van der Waals surface area contributed by atoms with Crippen molar-refractivity contribution in [1.82, 2.24) is 5.32 Å². The van der Waals surface area contributed by atoms with E-state index in [0.717, 1.165) is 11.1 Å². The summed E-state index contributed by atoms with van der Waals surface area (Å²) in [5.74, 6) is 0. The largest absolute Gasteiger partial charge is 0.444 e. The summed E-state index contributed by atoms with van der Waals surface area (Å²) in [6.07, 6.45) is -0.401. The number of hydrogen-bond donors (Lipinski definition) is 1. The van der Waals surface area contributed by atoms with Crippen molar-refractivity contribution in [2.45, 2.75) is 32.9 Å². The lowest BCUT2D eigenvalue weighted by Gasteiger charge is -2.19. The predicted octanol–water partition coefficient (Wildman–Crippen LogP) is 2.89. The summed E-state index contributed by atoms with van der Waals surface area (Å²) in [4.78, 5) is 11.4. The standard InChI is InChI=1S/C13H18NO2/c1-10-6-5-7-11(8-10)9-14-12(15)16-13(2,3)4/h5-8H,1,9H2,2-4H3,(H,14,15). The van der Waals surface area contributed by atoms with E-state index in [1.807, 2.05) is 45.0 Å². The molecule has 87 valence electrons. The van der Waals surface area contributed by atoms with E-state index in [1.54, 1.807) is 0 Å². The molecule has 1 amide bonds.